The summed E-state index contributed by atoms with van der Waals surface area (Å²) in [7, 11) is -4.56. The van der Waals surface area contributed by atoms with Crippen LogP contribution in [0, 0.1) is 11.3 Å². The summed E-state index contributed by atoms with van der Waals surface area (Å²) in [6.45, 7) is 9.95. The van der Waals surface area contributed by atoms with Gasteiger partial charge in [0, 0.05) is 40.1 Å². The zero-order chi connectivity index (χ0) is 41.1. The summed E-state index contributed by atoms with van der Waals surface area (Å²) >= 11 is 6.21. The van der Waals surface area contributed by atoms with Crippen LogP contribution in [0.4, 0.5) is 17.2 Å². The minimum atomic E-state index is -4.56. The van der Waals surface area contributed by atoms with E-state index in [4.69, 9.17) is 35.9 Å². The van der Waals surface area contributed by atoms with Crippen molar-refractivity contribution in [1.29, 1.82) is 5.26 Å². The molecule has 5 aromatic rings. The van der Waals surface area contributed by atoms with Crippen molar-refractivity contribution in [2.75, 3.05) is 30.7 Å². The first kappa shape index (κ1) is 41.7. The molecule has 0 radical (unpaired) electrons. The zero-order valence-corrected chi connectivity index (χ0v) is 33.6. The van der Waals surface area contributed by atoms with Gasteiger partial charge in [0.2, 0.25) is 5.60 Å². The molecule has 6 rings (SSSR count). The predicted molar refractivity (Wildman–Crippen MR) is 213 cm³/mol. The molecule has 1 aliphatic rings. The number of nitriles is 1. The Morgan fingerprint density at radius 1 is 1.14 bits per heavy atom. The Morgan fingerprint density at radius 3 is 2.63 bits per heavy atom. The fourth-order valence-corrected chi connectivity index (χ4v) is 8.22. The molecule has 0 amide bonds. The second-order valence-electron chi connectivity index (χ2n) is 13.7. The van der Waals surface area contributed by atoms with E-state index < -0.39 is 56.4 Å². The third-order valence-corrected chi connectivity index (χ3v) is 11.4. The van der Waals surface area contributed by atoms with Gasteiger partial charge in [-0.1, -0.05) is 25.4 Å². The monoisotopic (exact) mass is 821 g/mol. The van der Waals surface area contributed by atoms with Gasteiger partial charge in [0.25, 0.3) is 0 Å². The molecule has 17 nitrogen and oxygen atoms in total. The Balaban J connectivity index is 1.31. The number of hydrogen-bond donors (Lipinski definition) is 5. The van der Waals surface area contributed by atoms with Gasteiger partial charge in [-0.05, 0) is 88.5 Å². The molecule has 1 fully saturated rings. The smallest absolute Gasteiger partial charge is 0.459 e. The number of esters is 1. The fraction of sp³-hybridized carbons (Fsp3) is 0.395. The second-order valence-corrected chi connectivity index (χ2v) is 15.9. The highest BCUT2D eigenvalue weighted by molar-refractivity contribution is 7.52. The highest BCUT2D eigenvalue weighted by Crippen LogP contribution is 2.48. The van der Waals surface area contributed by atoms with Gasteiger partial charge in [0.05, 0.1) is 23.9 Å². The number of rotatable bonds is 16. The number of ether oxygens (including phenoxy) is 2. The lowest BCUT2D eigenvalue weighted by molar-refractivity contribution is -0.149. The summed E-state index contributed by atoms with van der Waals surface area (Å²) in [5.41, 5.74) is 7.08. The number of nitrogen functional groups attached to an aromatic ring is 1. The van der Waals surface area contributed by atoms with Gasteiger partial charge < -0.3 is 35.3 Å². The lowest BCUT2D eigenvalue weighted by atomic mass is 9.92. The van der Waals surface area contributed by atoms with Gasteiger partial charge >= 0.3 is 13.7 Å². The summed E-state index contributed by atoms with van der Waals surface area (Å²) in [6.07, 6.45) is -2.52. The van der Waals surface area contributed by atoms with Crippen LogP contribution in [0.2, 0.25) is 5.02 Å². The van der Waals surface area contributed by atoms with Crippen molar-refractivity contribution in [3.05, 3.63) is 83.4 Å². The largest absolute Gasteiger partial charge is 0.462 e. The summed E-state index contributed by atoms with van der Waals surface area (Å²) in [6, 6.07) is 16.3. The van der Waals surface area contributed by atoms with E-state index in [0.717, 1.165) is 11.1 Å². The van der Waals surface area contributed by atoms with Crippen LogP contribution in [-0.2, 0) is 35.5 Å². The Bertz CT molecular complexity index is 2340. The number of carbonyl (C=O) groups is 1. The summed E-state index contributed by atoms with van der Waals surface area (Å²) in [5.74, 6) is -0.425. The van der Waals surface area contributed by atoms with Crippen LogP contribution < -0.4 is 20.7 Å². The number of fused-ring (bicyclic) bond motifs is 2. The van der Waals surface area contributed by atoms with Crippen LogP contribution >= 0.6 is 19.3 Å². The van der Waals surface area contributed by atoms with Crippen LogP contribution in [0.15, 0.2) is 67.1 Å². The second kappa shape index (κ2) is 17.3. The Labute approximate surface area is 334 Å². The average molecular weight is 822 g/mol. The van der Waals surface area contributed by atoms with E-state index in [2.05, 4.69) is 30.4 Å². The summed E-state index contributed by atoms with van der Waals surface area (Å²) < 4.78 is 39.6. The third kappa shape index (κ3) is 8.84. The number of halogens is 1. The molecule has 57 heavy (non-hydrogen) atoms. The maximum Gasteiger partial charge on any atom is 0.459 e. The van der Waals surface area contributed by atoms with Crippen LogP contribution in [0.25, 0.3) is 16.4 Å². The van der Waals surface area contributed by atoms with E-state index in [9.17, 15) is 24.8 Å². The lowest BCUT2D eigenvalue weighted by Crippen LogP contribution is -2.41. The number of aliphatic hydroxyl groups excluding tert-OH is 2. The molecule has 0 unspecified atom stereocenters. The number of aliphatic hydroxyl groups is 2. The van der Waals surface area contributed by atoms with Gasteiger partial charge in [-0.25, -0.2) is 14.1 Å². The minimum absolute atomic E-state index is 0.0732. The fourth-order valence-electron chi connectivity index (χ4n) is 6.51. The van der Waals surface area contributed by atoms with E-state index in [1.165, 1.54) is 23.8 Å². The Morgan fingerprint density at radius 2 is 1.91 bits per heavy atom. The minimum Gasteiger partial charge on any atom is -0.462 e. The molecule has 2 aromatic carbocycles. The van der Waals surface area contributed by atoms with E-state index in [0.29, 0.717) is 46.9 Å². The number of nitrogens with zero attached hydrogens (tertiary/aromatic N) is 6. The molecular weight excluding hydrogens is 777 g/mol. The molecule has 0 bridgehead atoms. The molecule has 4 heterocycles. The number of nitrogens with one attached hydrogen (secondary N) is 2. The molecule has 6 atom stereocenters. The third-order valence-electron chi connectivity index (χ3n) is 9.50. The van der Waals surface area contributed by atoms with Gasteiger partial charge in [-0.15, -0.1) is 0 Å². The highest BCUT2D eigenvalue weighted by atomic mass is 35.5. The van der Waals surface area contributed by atoms with Crippen molar-refractivity contribution in [3.63, 3.8) is 0 Å². The Hall–Kier alpha value is -4.89. The van der Waals surface area contributed by atoms with Crippen LogP contribution in [0.1, 0.15) is 45.9 Å². The molecule has 1 saturated heterocycles. The lowest BCUT2D eigenvalue weighted by Gasteiger charge is -2.27. The summed E-state index contributed by atoms with van der Waals surface area (Å²) in [5, 5.41) is 44.5. The number of nitrogens with two attached hydrogens (primary N) is 1. The van der Waals surface area contributed by atoms with Crippen molar-refractivity contribution in [1.82, 2.24) is 29.6 Å². The number of carbonyl (C=O) groups excluding carboxylic acids is 1. The first-order valence-corrected chi connectivity index (χ1v) is 20.3. The molecule has 0 saturated carbocycles. The van der Waals surface area contributed by atoms with Crippen molar-refractivity contribution in [3.8, 4) is 11.8 Å². The molecule has 1 aliphatic heterocycles. The van der Waals surface area contributed by atoms with E-state index in [1.54, 1.807) is 50.4 Å². The number of benzene rings is 2. The standard InChI is InChI=1S/C38H45ClN9O8P/c1-6-47(7-2)18-24-16-26(45-28-14-15-42-29-17-25(39)8-10-27(28)29)9-12-31(24)56-57(52,46-23(5)37(51)54-22(3)4)53-19-32-34(49)35(50)38(20-40,55-32)33-13-11-30-36(41)43-21-44-48(30)33/h8-17,21-23,32,34-35,49-50H,6-7,18-19H2,1-5H3,(H,42,45)(H,46,52)(H2,41,43,44)/t23-,32+,34+,35+,38-,57-/m0/s1. The van der Waals surface area contributed by atoms with E-state index >= 15 is 0 Å². The maximum atomic E-state index is 14.8. The van der Waals surface area contributed by atoms with Crippen molar-refractivity contribution in [2.24, 2.45) is 0 Å². The molecule has 3 aromatic heterocycles. The van der Waals surface area contributed by atoms with Gasteiger partial charge in [-0.2, -0.15) is 15.4 Å². The van der Waals surface area contributed by atoms with Gasteiger partial charge in [-0.3, -0.25) is 19.2 Å². The molecule has 0 aliphatic carbocycles. The number of anilines is 3. The quantitative estimate of drug-likeness (QED) is 0.0646. The van der Waals surface area contributed by atoms with E-state index in [-0.39, 0.29) is 17.3 Å². The van der Waals surface area contributed by atoms with Gasteiger partial charge in [0.15, 0.2) is 5.82 Å². The number of hydrogen-bond acceptors (Lipinski definition) is 15. The normalized spacial score (nSPS) is 21.1. The van der Waals surface area contributed by atoms with Crippen LogP contribution in [0.3, 0.4) is 0 Å². The first-order chi connectivity index (χ1) is 27.2. The van der Waals surface area contributed by atoms with Crippen molar-refractivity contribution >= 4 is 58.9 Å². The van der Waals surface area contributed by atoms with Gasteiger partial charge in [0.1, 0.15) is 48.0 Å². The molecule has 19 heteroatoms. The molecule has 6 N–H and O–H groups in total. The molecule has 302 valence electrons. The number of pyridine rings is 1. The SMILES string of the molecule is CCN(CC)Cc1cc(Nc2ccnc3cc(Cl)ccc23)ccc1O[P@](=O)(N[C@@H](C)C(=O)OC(C)C)OC[C@H]1O[C@@](C#N)(c2ccc3c(N)ncnn23)[C@H](O)[C@@H]1O. The number of aromatic nitrogens is 4. The molecule has 0 spiro atoms. The first-order valence-electron chi connectivity index (χ1n) is 18.3. The van der Waals surface area contributed by atoms with E-state index in [1.807, 2.05) is 38.1 Å². The topological polar surface area (TPSA) is 232 Å². The van der Waals surface area contributed by atoms with Crippen LogP contribution in [0.5, 0.6) is 5.75 Å². The Kier molecular flexibility index (Phi) is 12.7. The average Bonchev–Trinajstić information content (AvgIpc) is 3.73. The van der Waals surface area contributed by atoms with Crippen LogP contribution in [-0.4, -0.2) is 90.8 Å². The van der Waals surface area contributed by atoms with Crippen molar-refractivity contribution in [2.45, 2.75) is 77.2 Å². The zero-order valence-electron chi connectivity index (χ0n) is 32.0. The molecular formula is C38H45ClN9O8P. The summed E-state index contributed by atoms with van der Waals surface area (Å²) in [4.78, 5) is 23.5. The maximum absolute atomic E-state index is 14.8. The van der Waals surface area contributed by atoms with Crippen molar-refractivity contribution < 1.29 is 38.1 Å². The highest BCUT2D eigenvalue weighted by Gasteiger charge is 2.58. The predicted octanol–water partition coefficient (Wildman–Crippen LogP) is 5.07.